The van der Waals surface area contributed by atoms with Crippen molar-refractivity contribution in [3.63, 3.8) is 0 Å². The molecule has 53 heavy (non-hydrogen) atoms. The molecule has 1 heteroatoms. The summed E-state index contributed by atoms with van der Waals surface area (Å²) in [5.74, 6) is 4.06. The highest BCUT2D eigenvalue weighted by Gasteiger charge is 2.40. The SMILES string of the molecule is CC1(C)c2cc(N(c3ccc(C4CCCCC4)cc3)c3ccc(C4CC5CCC4C5)cc3)ccc2-c2cccc(-c3ccc(C4CCCCC4)cc3)c21. The average molecular weight is 696 g/mol. The molecule has 3 unspecified atom stereocenters. The van der Waals surface area contributed by atoms with E-state index in [1.807, 2.05) is 0 Å². The van der Waals surface area contributed by atoms with Crippen molar-refractivity contribution in [2.75, 3.05) is 4.90 Å². The minimum Gasteiger partial charge on any atom is -0.310 e. The van der Waals surface area contributed by atoms with Crippen LogP contribution in [0.25, 0.3) is 22.3 Å². The Morgan fingerprint density at radius 2 is 1.06 bits per heavy atom. The van der Waals surface area contributed by atoms with Gasteiger partial charge in [0.05, 0.1) is 0 Å². The van der Waals surface area contributed by atoms with Gasteiger partial charge >= 0.3 is 0 Å². The Kier molecular flexibility index (Phi) is 8.61. The van der Waals surface area contributed by atoms with Crippen molar-refractivity contribution in [3.05, 3.63) is 137 Å². The number of hydrogen-bond donors (Lipinski definition) is 0. The molecule has 270 valence electrons. The third kappa shape index (κ3) is 5.98. The standard InChI is InChI=1S/C52H57N/c1-52(2)50-34-45(30-31-47(50)48-15-9-14-46(51(48)52)40-20-18-38(19-21-40)36-10-5-3-6-11-36)53(43-26-22-39(23-27-43)37-12-7-4-8-13-37)44-28-24-41(25-29-44)49-33-35-16-17-42(49)32-35/h9,14-15,18-31,34-37,42,49H,3-8,10-13,16-17,32-33H2,1-2H3. The summed E-state index contributed by atoms with van der Waals surface area (Å²) >= 11 is 0. The second-order valence-corrected chi connectivity index (χ2v) is 18.2. The summed E-state index contributed by atoms with van der Waals surface area (Å²) < 4.78 is 0. The van der Waals surface area contributed by atoms with Gasteiger partial charge in [0.15, 0.2) is 0 Å². The van der Waals surface area contributed by atoms with Crippen LogP contribution in [0.15, 0.2) is 109 Å². The molecule has 5 aliphatic carbocycles. The fourth-order valence-corrected chi connectivity index (χ4v) is 11.9. The lowest BCUT2D eigenvalue weighted by molar-refractivity contribution is 0.420. The van der Waals surface area contributed by atoms with Crippen molar-refractivity contribution in [2.24, 2.45) is 11.8 Å². The van der Waals surface area contributed by atoms with Crippen LogP contribution in [-0.2, 0) is 5.41 Å². The first-order chi connectivity index (χ1) is 26.0. The molecule has 0 spiro atoms. The van der Waals surface area contributed by atoms with E-state index in [9.17, 15) is 0 Å². The van der Waals surface area contributed by atoms with Crippen LogP contribution in [0.5, 0.6) is 0 Å². The lowest BCUT2D eigenvalue weighted by Gasteiger charge is -2.30. The van der Waals surface area contributed by atoms with Gasteiger partial charge in [-0.15, -0.1) is 0 Å². The predicted molar refractivity (Wildman–Crippen MR) is 224 cm³/mol. The van der Waals surface area contributed by atoms with Crippen LogP contribution in [0.2, 0.25) is 0 Å². The van der Waals surface area contributed by atoms with Gasteiger partial charge in [-0.25, -0.2) is 0 Å². The van der Waals surface area contributed by atoms with Crippen molar-refractivity contribution in [1.82, 2.24) is 0 Å². The van der Waals surface area contributed by atoms with Crippen molar-refractivity contribution >= 4 is 17.1 Å². The highest BCUT2D eigenvalue weighted by atomic mass is 15.1. The molecule has 0 amide bonds. The van der Waals surface area contributed by atoms with Crippen LogP contribution in [-0.4, -0.2) is 0 Å². The van der Waals surface area contributed by atoms with Gasteiger partial charge in [-0.1, -0.05) is 132 Å². The fraction of sp³-hybridized carbons (Fsp3) is 0.423. The molecular formula is C52H57N. The van der Waals surface area contributed by atoms with Gasteiger partial charge in [0.1, 0.15) is 0 Å². The Labute approximate surface area is 318 Å². The number of nitrogens with zero attached hydrogens (tertiary/aromatic N) is 1. The van der Waals surface area contributed by atoms with Gasteiger partial charge < -0.3 is 4.90 Å². The monoisotopic (exact) mass is 695 g/mol. The lowest BCUT2D eigenvalue weighted by atomic mass is 9.78. The van der Waals surface area contributed by atoms with E-state index in [0.29, 0.717) is 5.92 Å². The molecular weight excluding hydrogens is 639 g/mol. The smallest absolute Gasteiger partial charge is 0.0465 e. The normalized spacial score (nSPS) is 23.5. The number of anilines is 3. The van der Waals surface area contributed by atoms with Gasteiger partial charge in [0, 0.05) is 22.5 Å². The first-order valence-electron chi connectivity index (χ1n) is 21.4. The first-order valence-corrected chi connectivity index (χ1v) is 21.4. The Morgan fingerprint density at radius 3 is 1.64 bits per heavy atom. The maximum Gasteiger partial charge on any atom is 0.0465 e. The molecule has 3 atom stereocenters. The first kappa shape index (κ1) is 33.5. The largest absolute Gasteiger partial charge is 0.310 e. The topological polar surface area (TPSA) is 3.24 Å². The van der Waals surface area contributed by atoms with Gasteiger partial charge in [-0.05, 0) is 161 Å². The second-order valence-electron chi connectivity index (χ2n) is 18.2. The van der Waals surface area contributed by atoms with E-state index in [4.69, 9.17) is 0 Å². The minimum absolute atomic E-state index is 0.124. The van der Waals surface area contributed by atoms with Crippen LogP contribution in [0.1, 0.15) is 149 Å². The summed E-state index contributed by atoms with van der Waals surface area (Å²) in [5.41, 5.74) is 16.6. The van der Waals surface area contributed by atoms with Gasteiger partial charge in [-0.3, -0.25) is 0 Å². The molecule has 4 fully saturated rings. The fourth-order valence-electron chi connectivity index (χ4n) is 11.9. The molecule has 0 heterocycles. The molecule has 0 aliphatic heterocycles. The Balaban J connectivity index is 1.01. The van der Waals surface area contributed by atoms with E-state index < -0.39 is 0 Å². The molecule has 5 aromatic carbocycles. The molecule has 0 N–H and O–H groups in total. The van der Waals surface area contributed by atoms with E-state index in [1.165, 1.54) is 151 Å². The average Bonchev–Trinajstić information content (AvgIpc) is 3.92. The van der Waals surface area contributed by atoms with Crippen molar-refractivity contribution < 1.29 is 0 Å². The lowest BCUT2D eigenvalue weighted by Crippen LogP contribution is -2.17. The van der Waals surface area contributed by atoms with Crippen LogP contribution in [0, 0.1) is 11.8 Å². The minimum atomic E-state index is -0.124. The molecule has 4 saturated carbocycles. The number of hydrogen-bond acceptors (Lipinski definition) is 1. The molecule has 0 radical (unpaired) electrons. The van der Waals surface area contributed by atoms with Crippen LogP contribution in [0.3, 0.4) is 0 Å². The van der Waals surface area contributed by atoms with Gasteiger partial charge in [0.25, 0.3) is 0 Å². The highest BCUT2D eigenvalue weighted by Crippen LogP contribution is 2.55. The molecule has 1 nitrogen and oxygen atoms in total. The van der Waals surface area contributed by atoms with Crippen LogP contribution in [0.4, 0.5) is 17.1 Å². The molecule has 0 saturated heterocycles. The van der Waals surface area contributed by atoms with E-state index in [-0.39, 0.29) is 5.41 Å². The van der Waals surface area contributed by atoms with Crippen LogP contribution >= 0.6 is 0 Å². The zero-order chi connectivity index (χ0) is 35.5. The molecule has 5 aliphatic rings. The maximum atomic E-state index is 2.53. The third-order valence-electron chi connectivity index (χ3n) is 14.8. The van der Waals surface area contributed by atoms with E-state index in [1.54, 1.807) is 5.56 Å². The summed E-state index contributed by atoms with van der Waals surface area (Å²) in [6, 6.07) is 43.4. The molecule has 10 rings (SSSR count). The Hall–Kier alpha value is -4.10. The zero-order valence-electron chi connectivity index (χ0n) is 32.1. The molecule has 5 aromatic rings. The van der Waals surface area contributed by atoms with Gasteiger partial charge in [0.2, 0.25) is 0 Å². The summed E-state index contributed by atoms with van der Waals surface area (Å²) in [5, 5.41) is 0. The number of rotatable bonds is 7. The van der Waals surface area contributed by atoms with Crippen molar-refractivity contribution in [3.8, 4) is 22.3 Å². The Morgan fingerprint density at radius 1 is 0.491 bits per heavy atom. The van der Waals surface area contributed by atoms with E-state index >= 15 is 0 Å². The molecule has 0 aromatic heterocycles. The second kappa shape index (κ2) is 13.6. The van der Waals surface area contributed by atoms with Crippen LogP contribution < -0.4 is 4.90 Å². The Bertz CT molecular complexity index is 2070. The maximum absolute atomic E-state index is 2.53. The highest BCUT2D eigenvalue weighted by molar-refractivity contribution is 5.90. The predicted octanol–water partition coefficient (Wildman–Crippen LogP) is 15.1. The van der Waals surface area contributed by atoms with Gasteiger partial charge in [-0.2, -0.15) is 0 Å². The zero-order valence-corrected chi connectivity index (χ0v) is 32.1. The van der Waals surface area contributed by atoms with E-state index in [2.05, 4.69) is 128 Å². The van der Waals surface area contributed by atoms with E-state index in [0.717, 1.165) is 23.7 Å². The third-order valence-corrected chi connectivity index (χ3v) is 14.8. The summed E-state index contributed by atoms with van der Waals surface area (Å²) in [6.07, 6.45) is 19.4. The van der Waals surface area contributed by atoms with Crippen molar-refractivity contribution in [2.45, 2.75) is 127 Å². The summed E-state index contributed by atoms with van der Waals surface area (Å²) in [6.45, 7) is 4.91. The molecule has 2 bridgehead atoms. The quantitative estimate of drug-likeness (QED) is 0.164. The summed E-state index contributed by atoms with van der Waals surface area (Å²) in [4.78, 5) is 2.53. The summed E-state index contributed by atoms with van der Waals surface area (Å²) in [7, 11) is 0. The van der Waals surface area contributed by atoms with Crippen molar-refractivity contribution in [1.29, 1.82) is 0 Å². The number of fused-ring (bicyclic) bond motifs is 5. The number of benzene rings is 5.